The van der Waals surface area contributed by atoms with E-state index in [1.165, 1.54) is 13.1 Å². The first-order valence-corrected chi connectivity index (χ1v) is 4.08. The number of Topliss-reactive ketones (excluding diaryl/α,β-unsaturated/α-hetero) is 1. The van der Waals surface area contributed by atoms with Crippen molar-refractivity contribution in [3.63, 3.8) is 0 Å². The molecule has 0 atom stereocenters. The van der Waals surface area contributed by atoms with Crippen LogP contribution in [0.2, 0.25) is 0 Å². The molecule has 0 aliphatic carbocycles. The summed E-state index contributed by atoms with van der Waals surface area (Å²) in [6, 6.07) is 0. The van der Waals surface area contributed by atoms with Crippen molar-refractivity contribution in [3.8, 4) is 0 Å². The number of carbonyl (C=O) groups is 2. The first-order chi connectivity index (χ1) is 5.59. The third kappa shape index (κ3) is 2.13. The third-order valence-electron chi connectivity index (χ3n) is 1.18. The Bertz CT molecular complexity index is 318. The van der Waals surface area contributed by atoms with Crippen LogP contribution < -0.4 is 0 Å². The molecule has 0 radical (unpaired) electrons. The number of ketones is 1. The van der Waals surface area contributed by atoms with E-state index in [1.54, 1.807) is 0 Å². The highest BCUT2D eigenvalue weighted by Crippen LogP contribution is 2.13. The summed E-state index contributed by atoms with van der Waals surface area (Å²) in [6.45, 7) is 1.41. The number of rotatable bonds is 3. The van der Waals surface area contributed by atoms with Crippen LogP contribution in [0.5, 0.6) is 0 Å². The zero-order valence-corrected chi connectivity index (χ0v) is 7.22. The van der Waals surface area contributed by atoms with Crippen molar-refractivity contribution in [2.45, 2.75) is 13.3 Å². The molecule has 1 aromatic rings. The fourth-order valence-electron chi connectivity index (χ4n) is 0.701. The molecule has 0 unspecified atom stereocenters. The number of carboxylic acid groups (broad SMARTS) is 1. The van der Waals surface area contributed by atoms with Crippen molar-refractivity contribution in [3.05, 3.63) is 16.1 Å². The number of carbonyl (C=O) groups excluding carboxylic acids is 1. The Labute approximate surface area is 72.9 Å². The fourth-order valence-corrected chi connectivity index (χ4v) is 1.50. The van der Waals surface area contributed by atoms with Gasteiger partial charge >= 0.3 is 5.97 Å². The van der Waals surface area contributed by atoms with E-state index in [9.17, 15) is 9.59 Å². The second-order valence-corrected chi connectivity index (χ2v) is 3.37. The molecule has 64 valence electrons. The molecule has 0 spiro atoms. The van der Waals surface area contributed by atoms with Gasteiger partial charge in [0.15, 0.2) is 10.8 Å². The van der Waals surface area contributed by atoms with Gasteiger partial charge in [0.1, 0.15) is 0 Å². The van der Waals surface area contributed by atoms with Crippen LogP contribution in [0.4, 0.5) is 0 Å². The van der Waals surface area contributed by atoms with Gasteiger partial charge in [0, 0.05) is 18.0 Å². The predicted octanol–water partition coefficient (Wildman–Crippen LogP) is 0.973. The van der Waals surface area contributed by atoms with Crippen molar-refractivity contribution in [1.82, 2.24) is 4.98 Å². The van der Waals surface area contributed by atoms with E-state index in [4.69, 9.17) is 5.11 Å². The van der Waals surface area contributed by atoms with E-state index >= 15 is 0 Å². The second kappa shape index (κ2) is 3.44. The summed E-state index contributed by atoms with van der Waals surface area (Å²) in [4.78, 5) is 25.4. The number of aromatic nitrogens is 1. The quantitative estimate of drug-likeness (QED) is 0.712. The van der Waals surface area contributed by atoms with Crippen molar-refractivity contribution < 1.29 is 14.7 Å². The maximum Gasteiger partial charge on any atom is 0.308 e. The summed E-state index contributed by atoms with van der Waals surface area (Å²) in [6.07, 6.45) is 1.36. The standard InChI is InChI=1S/C7H7NO3S/c1-4(9)7-8-3-5(12-7)2-6(10)11/h3H,2H2,1H3,(H,10,11). The Balaban J connectivity index is 2.77. The monoisotopic (exact) mass is 185 g/mol. The molecule has 1 aromatic heterocycles. The summed E-state index contributed by atoms with van der Waals surface area (Å²) >= 11 is 1.13. The Morgan fingerprint density at radius 2 is 2.33 bits per heavy atom. The van der Waals surface area contributed by atoms with E-state index in [0.717, 1.165) is 11.3 Å². The van der Waals surface area contributed by atoms with Crippen LogP contribution in [0.3, 0.4) is 0 Å². The smallest absolute Gasteiger partial charge is 0.308 e. The molecule has 1 rings (SSSR count). The van der Waals surface area contributed by atoms with E-state index in [2.05, 4.69) is 4.98 Å². The van der Waals surface area contributed by atoms with Gasteiger partial charge in [0.25, 0.3) is 0 Å². The van der Waals surface area contributed by atoms with Crippen molar-refractivity contribution in [1.29, 1.82) is 0 Å². The van der Waals surface area contributed by atoms with E-state index in [0.29, 0.717) is 9.88 Å². The Morgan fingerprint density at radius 3 is 2.75 bits per heavy atom. The highest BCUT2D eigenvalue weighted by molar-refractivity contribution is 7.13. The molecular formula is C7H7NO3S. The molecule has 0 bridgehead atoms. The van der Waals surface area contributed by atoms with Gasteiger partial charge in [-0.1, -0.05) is 0 Å². The van der Waals surface area contributed by atoms with E-state index in [1.807, 2.05) is 0 Å². The summed E-state index contributed by atoms with van der Waals surface area (Å²) < 4.78 is 0. The lowest BCUT2D eigenvalue weighted by molar-refractivity contribution is -0.136. The molecule has 0 saturated carbocycles. The first-order valence-electron chi connectivity index (χ1n) is 3.27. The zero-order valence-electron chi connectivity index (χ0n) is 6.40. The van der Waals surface area contributed by atoms with Crippen molar-refractivity contribution in [2.24, 2.45) is 0 Å². The number of hydrogen-bond acceptors (Lipinski definition) is 4. The molecule has 0 saturated heterocycles. The Hall–Kier alpha value is -1.23. The van der Waals surface area contributed by atoms with Gasteiger partial charge in [0.05, 0.1) is 6.42 Å². The number of hydrogen-bond donors (Lipinski definition) is 1. The molecule has 5 heteroatoms. The molecule has 1 heterocycles. The first kappa shape index (κ1) is 8.86. The Kier molecular flexibility index (Phi) is 2.54. The number of thiazole rings is 1. The second-order valence-electron chi connectivity index (χ2n) is 2.26. The molecule has 0 aromatic carbocycles. The van der Waals surface area contributed by atoms with Crippen molar-refractivity contribution in [2.75, 3.05) is 0 Å². The molecule has 0 aliphatic heterocycles. The van der Waals surface area contributed by atoms with E-state index in [-0.39, 0.29) is 12.2 Å². The lowest BCUT2D eigenvalue weighted by atomic mass is 10.4. The minimum absolute atomic E-state index is 0.0645. The lowest BCUT2D eigenvalue weighted by Crippen LogP contribution is -1.97. The number of nitrogens with zero attached hydrogens (tertiary/aromatic N) is 1. The molecule has 1 N–H and O–H groups in total. The van der Waals surface area contributed by atoms with Crippen LogP contribution in [0.25, 0.3) is 0 Å². The predicted molar refractivity (Wildman–Crippen MR) is 43.5 cm³/mol. The van der Waals surface area contributed by atoms with Crippen LogP contribution in [0.15, 0.2) is 6.20 Å². The van der Waals surface area contributed by atoms with E-state index < -0.39 is 5.97 Å². The normalized spacial score (nSPS) is 9.75. The minimum Gasteiger partial charge on any atom is -0.481 e. The summed E-state index contributed by atoms with van der Waals surface area (Å²) in [7, 11) is 0. The van der Waals surface area contributed by atoms with Crippen LogP contribution in [-0.4, -0.2) is 21.8 Å². The highest BCUT2D eigenvalue weighted by atomic mass is 32.1. The summed E-state index contributed by atoms with van der Waals surface area (Å²) in [5, 5.41) is 8.78. The topological polar surface area (TPSA) is 67.3 Å². The highest BCUT2D eigenvalue weighted by Gasteiger charge is 2.08. The summed E-state index contributed by atoms with van der Waals surface area (Å²) in [5.41, 5.74) is 0. The minimum atomic E-state index is -0.909. The zero-order chi connectivity index (χ0) is 9.14. The summed E-state index contributed by atoms with van der Waals surface area (Å²) in [5.74, 6) is -1.04. The maximum absolute atomic E-state index is 10.7. The largest absolute Gasteiger partial charge is 0.481 e. The lowest BCUT2D eigenvalue weighted by Gasteiger charge is -1.85. The molecular weight excluding hydrogens is 178 g/mol. The SMILES string of the molecule is CC(=O)c1ncc(CC(=O)O)s1. The average molecular weight is 185 g/mol. The molecule has 0 amide bonds. The maximum atomic E-state index is 10.7. The third-order valence-corrected chi connectivity index (χ3v) is 2.28. The Morgan fingerprint density at radius 1 is 1.67 bits per heavy atom. The van der Waals surface area contributed by atoms with Gasteiger partial charge < -0.3 is 5.11 Å². The molecule has 12 heavy (non-hydrogen) atoms. The number of carboxylic acids is 1. The van der Waals surface area contributed by atoms with Gasteiger partial charge in [0.2, 0.25) is 0 Å². The van der Waals surface area contributed by atoms with Gasteiger partial charge in [-0.2, -0.15) is 0 Å². The fraction of sp³-hybridized carbons (Fsp3) is 0.286. The molecule has 4 nitrogen and oxygen atoms in total. The molecule has 0 fully saturated rings. The van der Waals surface area contributed by atoms with Gasteiger partial charge in [-0.3, -0.25) is 9.59 Å². The van der Waals surface area contributed by atoms with Crippen LogP contribution in [0, 0.1) is 0 Å². The number of aliphatic carboxylic acids is 1. The van der Waals surface area contributed by atoms with Crippen molar-refractivity contribution >= 4 is 23.1 Å². The van der Waals surface area contributed by atoms with Gasteiger partial charge in [-0.15, -0.1) is 11.3 Å². The van der Waals surface area contributed by atoms with Crippen LogP contribution >= 0.6 is 11.3 Å². The average Bonchev–Trinajstić information content (AvgIpc) is 2.34. The van der Waals surface area contributed by atoms with Gasteiger partial charge in [-0.25, -0.2) is 4.98 Å². The van der Waals surface area contributed by atoms with Gasteiger partial charge in [-0.05, 0) is 0 Å². The van der Waals surface area contributed by atoms with Crippen LogP contribution in [-0.2, 0) is 11.2 Å². The molecule has 0 aliphatic rings. The van der Waals surface area contributed by atoms with Crippen LogP contribution in [0.1, 0.15) is 21.6 Å².